The number of nitrogens with zero attached hydrogens (tertiary/aromatic N) is 2. The van der Waals surface area contributed by atoms with E-state index in [1.807, 2.05) is 30.3 Å². The maximum Gasteiger partial charge on any atom is 0.433 e. The molecule has 3 aromatic rings. The highest BCUT2D eigenvalue weighted by Gasteiger charge is 2.33. The first-order chi connectivity index (χ1) is 11.5. The number of benzene rings is 2. The third-order valence-corrected chi connectivity index (χ3v) is 3.37. The lowest BCUT2D eigenvalue weighted by atomic mass is 10.2. The summed E-state index contributed by atoms with van der Waals surface area (Å²) >= 11 is 0. The Labute approximate surface area is 137 Å². The number of rotatable bonds is 4. The van der Waals surface area contributed by atoms with Crippen LogP contribution in [0.15, 0.2) is 66.7 Å². The Bertz CT molecular complexity index is 803. The van der Waals surface area contributed by atoms with Crippen molar-refractivity contribution in [3.63, 3.8) is 0 Å². The summed E-state index contributed by atoms with van der Waals surface area (Å²) in [6.07, 6.45) is -4.53. The molecule has 0 saturated carbocycles. The second-order valence-corrected chi connectivity index (χ2v) is 5.16. The summed E-state index contributed by atoms with van der Waals surface area (Å²) in [5.74, 6) is 0.181. The maximum atomic E-state index is 13.1. The number of aromatic nitrogens is 2. The Morgan fingerprint density at radius 3 is 2.08 bits per heavy atom. The number of alkyl halides is 3. The van der Waals surface area contributed by atoms with E-state index in [0.29, 0.717) is 12.1 Å². The summed E-state index contributed by atoms with van der Waals surface area (Å²) in [6.45, 7) is 0.378. The molecule has 3 nitrogen and oxygen atoms in total. The van der Waals surface area contributed by atoms with Gasteiger partial charge < -0.3 is 5.32 Å². The van der Waals surface area contributed by atoms with Crippen molar-refractivity contribution < 1.29 is 13.2 Å². The molecule has 0 atom stereocenters. The van der Waals surface area contributed by atoms with Gasteiger partial charge in [0, 0.05) is 18.2 Å². The van der Waals surface area contributed by atoms with E-state index < -0.39 is 11.9 Å². The molecule has 122 valence electrons. The summed E-state index contributed by atoms with van der Waals surface area (Å²) in [5, 5.41) is 2.93. The molecule has 0 aliphatic carbocycles. The molecule has 0 saturated heterocycles. The Kier molecular flexibility index (Phi) is 4.46. The standard InChI is InChI=1S/C18H14F3N3/c19-18(20,21)15-11-16(22-12-13-7-3-1-4-8-13)24-17(23-15)14-9-5-2-6-10-14/h1-11H,12H2,(H,22,23,24). The summed E-state index contributed by atoms with van der Waals surface area (Å²) in [6, 6.07) is 18.9. The number of nitrogens with one attached hydrogen (secondary N) is 1. The van der Waals surface area contributed by atoms with Gasteiger partial charge in [0.15, 0.2) is 11.5 Å². The van der Waals surface area contributed by atoms with Gasteiger partial charge in [0.25, 0.3) is 0 Å². The van der Waals surface area contributed by atoms with Crippen molar-refractivity contribution in [3.05, 3.63) is 78.0 Å². The molecule has 6 heteroatoms. The third kappa shape index (κ3) is 3.90. The van der Waals surface area contributed by atoms with E-state index in [-0.39, 0.29) is 11.6 Å². The van der Waals surface area contributed by atoms with Crippen LogP contribution in [0.4, 0.5) is 19.0 Å². The normalized spacial score (nSPS) is 11.3. The van der Waals surface area contributed by atoms with Crippen molar-refractivity contribution in [2.75, 3.05) is 5.32 Å². The van der Waals surface area contributed by atoms with Crippen molar-refractivity contribution >= 4 is 5.82 Å². The van der Waals surface area contributed by atoms with E-state index in [9.17, 15) is 13.2 Å². The molecular weight excluding hydrogens is 315 g/mol. The summed E-state index contributed by atoms with van der Waals surface area (Å²) in [4.78, 5) is 7.86. The molecule has 0 amide bonds. The summed E-state index contributed by atoms with van der Waals surface area (Å²) < 4.78 is 39.3. The molecule has 0 bridgehead atoms. The highest BCUT2D eigenvalue weighted by Crippen LogP contribution is 2.30. The fourth-order valence-corrected chi connectivity index (χ4v) is 2.19. The zero-order valence-electron chi connectivity index (χ0n) is 12.6. The fourth-order valence-electron chi connectivity index (χ4n) is 2.19. The van der Waals surface area contributed by atoms with Crippen molar-refractivity contribution in [2.45, 2.75) is 12.7 Å². The molecule has 0 fully saturated rings. The van der Waals surface area contributed by atoms with Crippen LogP contribution in [0.2, 0.25) is 0 Å². The van der Waals surface area contributed by atoms with Crippen LogP contribution < -0.4 is 5.32 Å². The van der Waals surface area contributed by atoms with Gasteiger partial charge in [-0.05, 0) is 5.56 Å². The minimum Gasteiger partial charge on any atom is -0.366 e. The number of hydrogen-bond donors (Lipinski definition) is 1. The molecule has 1 N–H and O–H groups in total. The van der Waals surface area contributed by atoms with Gasteiger partial charge >= 0.3 is 6.18 Å². The van der Waals surface area contributed by atoms with Gasteiger partial charge in [-0.2, -0.15) is 13.2 Å². The van der Waals surface area contributed by atoms with Gasteiger partial charge in [0.05, 0.1) is 0 Å². The van der Waals surface area contributed by atoms with E-state index in [0.717, 1.165) is 11.6 Å². The minimum absolute atomic E-state index is 0.0426. The molecule has 0 unspecified atom stereocenters. The highest BCUT2D eigenvalue weighted by atomic mass is 19.4. The minimum atomic E-state index is -4.53. The SMILES string of the molecule is FC(F)(F)c1cc(NCc2ccccc2)nc(-c2ccccc2)n1. The Balaban J connectivity index is 1.93. The van der Waals surface area contributed by atoms with Gasteiger partial charge in [-0.25, -0.2) is 9.97 Å². The largest absolute Gasteiger partial charge is 0.433 e. The first kappa shape index (κ1) is 16.0. The van der Waals surface area contributed by atoms with E-state index in [2.05, 4.69) is 15.3 Å². The predicted octanol–water partition coefficient (Wildman–Crippen LogP) is 4.77. The Morgan fingerprint density at radius 1 is 0.833 bits per heavy atom. The Hall–Kier alpha value is -2.89. The smallest absolute Gasteiger partial charge is 0.366 e. The van der Waals surface area contributed by atoms with Crippen molar-refractivity contribution in [2.24, 2.45) is 0 Å². The molecule has 0 spiro atoms. The molecule has 24 heavy (non-hydrogen) atoms. The first-order valence-corrected chi connectivity index (χ1v) is 7.32. The molecule has 0 radical (unpaired) electrons. The number of hydrogen-bond acceptors (Lipinski definition) is 3. The highest BCUT2D eigenvalue weighted by molar-refractivity contribution is 5.57. The average Bonchev–Trinajstić information content (AvgIpc) is 2.61. The van der Waals surface area contributed by atoms with Gasteiger partial charge in [-0.1, -0.05) is 60.7 Å². The van der Waals surface area contributed by atoms with Crippen molar-refractivity contribution in [1.82, 2.24) is 9.97 Å². The zero-order chi connectivity index (χ0) is 17.0. The van der Waals surface area contributed by atoms with Crippen LogP contribution in [0.5, 0.6) is 0 Å². The molecule has 1 heterocycles. The second kappa shape index (κ2) is 6.70. The fraction of sp³-hybridized carbons (Fsp3) is 0.111. The molecule has 1 aromatic heterocycles. The van der Waals surface area contributed by atoms with Crippen LogP contribution in [-0.4, -0.2) is 9.97 Å². The second-order valence-electron chi connectivity index (χ2n) is 5.16. The van der Waals surface area contributed by atoms with E-state index in [1.165, 1.54) is 0 Å². The average molecular weight is 329 g/mol. The van der Waals surface area contributed by atoms with E-state index in [4.69, 9.17) is 0 Å². The summed E-state index contributed by atoms with van der Waals surface area (Å²) in [7, 11) is 0. The van der Waals surface area contributed by atoms with Crippen molar-refractivity contribution in [3.8, 4) is 11.4 Å². The third-order valence-electron chi connectivity index (χ3n) is 3.37. The van der Waals surface area contributed by atoms with E-state index in [1.54, 1.807) is 30.3 Å². The van der Waals surface area contributed by atoms with Gasteiger partial charge in [-0.15, -0.1) is 0 Å². The topological polar surface area (TPSA) is 37.8 Å². The van der Waals surface area contributed by atoms with Crippen LogP contribution in [0.25, 0.3) is 11.4 Å². The molecule has 0 aliphatic heterocycles. The molecule has 0 aliphatic rings. The van der Waals surface area contributed by atoms with Gasteiger partial charge in [0.1, 0.15) is 5.82 Å². The maximum absolute atomic E-state index is 13.1. The Morgan fingerprint density at radius 2 is 1.46 bits per heavy atom. The van der Waals surface area contributed by atoms with E-state index >= 15 is 0 Å². The summed E-state index contributed by atoms with van der Waals surface area (Å²) in [5.41, 5.74) is 0.518. The van der Waals surface area contributed by atoms with Gasteiger partial charge in [0.2, 0.25) is 0 Å². The zero-order valence-corrected chi connectivity index (χ0v) is 12.6. The lowest BCUT2D eigenvalue weighted by Gasteiger charge is -2.12. The van der Waals surface area contributed by atoms with Crippen LogP contribution in [0.3, 0.4) is 0 Å². The van der Waals surface area contributed by atoms with Gasteiger partial charge in [-0.3, -0.25) is 0 Å². The van der Waals surface area contributed by atoms with Crippen molar-refractivity contribution in [1.29, 1.82) is 0 Å². The monoisotopic (exact) mass is 329 g/mol. The first-order valence-electron chi connectivity index (χ1n) is 7.32. The van der Waals surface area contributed by atoms with Crippen LogP contribution in [-0.2, 0) is 12.7 Å². The lowest BCUT2D eigenvalue weighted by Crippen LogP contribution is -2.12. The molecule has 3 rings (SSSR count). The predicted molar refractivity (Wildman–Crippen MR) is 86.2 cm³/mol. The molecular formula is C18H14F3N3. The van der Waals surface area contributed by atoms with Crippen LogP contribution in [0.1, 0.15) is 11.3 Å². The molecule has 2 aromatic carbocycles. The number of anilines is 1. The quantitative estimate of drug-likeness (QED) is 0.749. The van der Waals surface area contributed by atoms with Crippen LogP contribution >= 0.6 is 0 Å². The lowest BCUT2D eigenvalue weighted by molar-refractivity contribution is -0.141. The van der Waals surface area contributed by atoms with Crippen LogP contribution in [0, 0.1) is 0 Å². The number of halogens is 3.